The van der Waals surface area contributed by atoms with Gasteiger partial charge in [0.1, 0.15) is 36.6 Å². The molecule has 414 valence electrons. The van der Waals surface area contributed by atoms with E-state index in [4.69, 9.17) is 9.47 Å². The lowest BCUT2D eigenvalue weighted by molar-refractivity contribution is -0.303. The molecule has 0 radical (unpaired) electrons. The average Bonchev–Trinajstić information content (AvgIpc) is 3.36. The van der Waals surface area contributed by atoms with Crippen LogP contribution in [0.15, 0.2) is 24.3 Å². The van der Waals surface area contributed by atoms with Gasteiger partial charge in [-0.15, -0.1) is 0 Å². The van der Waals surface area contributed by atoms with E-state index in [1.807, 2.05) is 0 Å². The largest absolute Gasteiger partial charge is 0.394 e. The first kappa shape index (κ1) is 66.6. The first-order valence-corrected chi connectivity index (χ1v) is 29.7. The molecule has 0 spiro atoms. The van der Waals surface area contributed by atoms with Crippen molar-refractivity contribution in [2.75, 3.05) is 13.2 Å². The maximum absolute atomic E-state index is 13.1. The lowest BCUT2D eigenvalue weighted by atomic mass is 9.98. The third-order valence-corrected chi connectivity index (χ3v) is 14.5. The molecule has 1 rings (SSSR count). The predicted octanol–water partition coefficient (Wildman–Crippen LogP) is 12.5. The smallest absolute Gasteiger partial charge is 0.249 e. The maximum atomic E-state index is 13.1. The molecule has 11 heteroatoms. The number of hydrogen-bond donors (Lipinski definition) is 8. The van der Waals surface area contributed by atoms with Crippen molar-refractivity contribution >= 4 is 5.91 Å². The summed E-state index contributed by atoms with van der Waals surface area (Å²) >= 11 is 0. The summed E-state index contributed by atoms with van der Waals surface area (Å²) in [5.41, 5.74) is 0. The van der Waals surface area contributed by atoms with Crippen LogP contribution in [0.4, 0.5) is 0 Å². The van der Waals surface area contributed by atoms with Crippen molar-refractivity contribution in [2.24, 2.45) is 0 Å². The molecule has 0 aromatic carbocycles. The van der Waals surface area contributed by atoms with Gasteiger partial charge in [0.05, 0.1) is 25.4 Å². The van der Waals surface area contributed by atoms with Crippen molar-refractivity contribution in [3.05, 3.63) is 24.3 Å². The Morgan fingerprint density at radius 3 is 1.27 bits per heavy atom. The number of carbonyl (C=O) groups is 1. The van der Waals surface area contributed by atoms with Crippen molar-refractivity contribution in [1.29, 1.82) is 0 Å². The number of carbonyl (C=O) groups excluding carboxylic acids is 1. The third-order valence-electron chi connectivity index (χ3n) is 14.5. The Morgan fingerprint density at radius 2 is 0.857 bits per heavy atom. The van der Waals surface area contributed by atoms with Crippen molar-refractivity contribution in [3.63, 3.8) is 0 Å². The highest BCUT2D eigenvalue weighted by Gasteiger charge is 2.44. The van der Waals surface area contributed by atoms with Gasteiger partial charge in [0.2, 0.25) is 5.91 Å². The monoisotopic (exact) mass is 996 g/mol. The van der Waals surface area contributed by atoms with Gasteiger partial charge in [-0.3, -0.25) is 4.79 Å². The number of ether oxygens (including phenoxy) is 2. The summed E-state index contributed by atoms with van der Waals surface area (Å²) in [7, 11) is 0. The van der Waals surface area contributed by atoms with Gasteiger partial charge in [-0.25, -0.2) is 0 Å². The molecular formula is C59H113NO10. The lowest BCUT2D eigenvalue weighted by Crippen LogP contribution is -2.60. The van der Waals surface area contributed by atoms with Crippen molar-refractivity contribution in [3.8, 4) is 0 Å². The zero-order valence-corrected chi connectivity index (χ0v) is 45.3. The molecule has 1 heterocycles. The molecule has 0 saturated carbocycles. The van der Waals surface area contributed by atoms with E-state index in [-0.39, 0.29) is 12.8 Å². The second kappa shape index (κ2) is 48.5. The Balaban J connectivity index is 2.18. The van der Waals surface area contributed by atoms with Crippen LogP contribution >= 0.6 is 0 Å². The fraction of sp³-hybridized carbons (Fsp3) is 0.915. The molecule has 8 N–H and O–H groups in total. The van der Waals surface area contributed by atoms with E-state index >= 15 is 0 Å². The van der Waals surface area contributed by atoms with E-state index in [1.165, 1.54) is 193 Å². The Bertz CT molecular complexity index is 1190. The van der Waals surface area contributed by atoms with Crippen molar-refractivity contribution in [2.45, 2.75) is 332 Å². The first-order chi connectivity index (χ1) is 34.2. The number of aliphatic hydroxyl groups is 7. The predicted molar refractivity (Wildman–Crippen MR) is 289 cm³/mol. The number of allylic oxidation sites excluding steroid dienone is 4. The van der Waals surface area contributed by atoms with Gasteiger partial charge in [-0.1, -0.05) is 250 Å². The third kappa shape index (κ3) is 36.5. The van der Waals surface area contributed by atoms with Gasteiger partial charge in [0, 0.05) is 0 Å². The fourth-order valence-corrected chi connectivity index (χ4v) is 9.64. The molecule has 1 saturated heterocycles. The molecule has 1 amide bonds. The molecule has 0 aromatic rings. The summed E-state index contributed by atoms with van der Waals surface area (Å²) in [6.45, 7) is 3.42. The second-order valence-corrected chi connectivity index (χ2v) is 21.1. The van der Waals surface area contributed by atoms with Crippen LogP contribution in [-0.4, -0.2) is 110 Å². The molecule has 9 unspecified atom stereocenters. The highest BCUT2D eigenvalue weighted by Crippen LogP contribution is 2.23. The molecule has 70 heavy (non-hydrogen) atoms. The normalized spacial score (nSPS) is 20.4. The van der Waals surface area contributed by atoms with E-state index in [0.717, 1.165) is 38.5 Å². The highest BCUT2D eigenvalue weighted by atomic mass is 16.7. The van der Waals surface area contributed by atoms with Gasteiger partial charge in [0.25, 0.3) is 0 Å². The number of rotatable bonds is 51. The summed E-state index contributed by atoms with van der Waals surface area (Å²) in [4.78, 5) is 13.1. The van der Waals surface area contributed by atoms with Crippen LogP contribution in [0.25, 0.3) is 0 Å². The standard InChI is InChI=1S/C59H113NO10/c1-3-5-7-9-11-13-15-17-18-19-20-21-22-23-24-25-26-27-28-29-30-31-32-33-34-35-37-39-41-43-45-47-52(63)58(68)60-50(49-69-59-57(67)56(66)55(65)53(48-61)70-59)54(64)51(62)46-44-42-40-38-36-16-14-12-10-8-6-4-2/h12,14,38,40,50-57,59,61-67H,3-11,13,15-37,39,41-49H2,1-2H3,(H,60,68)/b14-12+,40-38+. The van der Waals surface area contributed by atoms with Crippen LogP contribution in [0.2, 0.25) is 0 Å². The minimum atomic E-state index is -1.67. The SMILES string of the molecule is CCCCC/C=C/CC/C=C/CCCC(O)C(O)C(COC1OC(CO)C(O)C(O)C1O)NC(=O)C(O)CCCCCCCCCCCCCCCCCCCCCCCCCCCCCCCCC. The van der Waals surface area contributed by atoms with Crippen LogP contribution in [0, 0.1) is 0 Å². The summed E-state index contributed by atoms with van der Waals surface area (Å²) in [5, 5.41) is 75.9. The molecule has 0 aromatic heterocycles. The Morgan fingerprint density at radius 1 is 0.486 bits per heavy atom. The van der Waals surface area contributed by atoms with Gasteiger partial charge in [-0.05, 0) is 51.4 Å². The summed E-state index contributed by atoms with van der Waals surface area (Å²) in [6.07, 6.45) is 47.0. The molecule has 1 aliphatic heterocycles. The van der Waals surface area contributed by atoms with Gasteiger partial charge in [-0.2, -0.15) is 0 Å². The Hall–Kier alpha value is -1.41. The molecule has 1 fully saturated rings. The topological polar surface area (TPSA) is 189 Å². The lowest BCUT2D eigenvalue weighted by Gasteiger charge is -2.40. The van der Waals surface area contributed by atoms with Crippen LogP contribution in [0.3, 0.4) is 0 Å². The summed E-state index contributed by atoms with van der Waals surface area (Å²) in [6, 6.07) is -1.19. The number of unbranched alkanes of at least 4 members (excludes halogenated alkanes) is 35. The van der Waals surface area contributed by atoms with E-state index in [2.05, 4.69) is 43.5 Å². The van der Waals surface area contributed by atoms with Crippen molar-refractivity contribution < 1.29 is 50.0 Å². The number of aliphatic hydroxyl groups excluding tert-OH is 7. The molecule has 0 aliphatic carbocycles. The fourth-order valence-electron chi connectivity index (χ4n) is 9.64. The molecule has 11 nitrogen and oxygen atoms in total. The van der Waals surface area contributed by atoms with Gasteiger partial charge >= 0.3 is 0 Å². The van der Waals surface area contributed by atoms with E-state index in [0.29, 0.717) is 19.3 Å². The zero-order chi connectivity index (χ0) is 51.1. The van der Waals surface area contributed by atoms with Crippen LogP contribution < -0.4 is 5.32 Å². The van der Waals surface area contributed by atoms with Gasteiger partial charge in [0.15, 0.2) is 6.29 Å². The van der Waals surface area contributed by atoms with Crippen LogP contribution in [0.5, 0.6) is 0 Å². The second-order valence-electron chi connectivity index (χ2n) is 21.1. The average molecular weight is 997 g/mol. The molecule has 1 aliphatic rings. The number of nitrogens with one attached hydrogen (secondary N) is 1. The van der Waals surface area contributed by atoms with E-state index in [1.54, 1.807) is 0 Å². The van der Waals surface area contributed by atoms with Crippen molar-refractivity contribution in [1.82, 2.24) is 5.32 Å². The quantitative estimate of drug-likeness (QED) is 0.0215. The Labute approximate surface area is 429 Å². The highest BCUT2D eigenvalue weighted by molar-refractivity contribution is 5.80. The first-order valence-electron chi connectivity index (χ1n) is 29.7. The summed E-state index contributed by atoms with van der Waals surface area (Å²) < 4.78 is 11.1. The minimum Gasteiger partial charge on any atom is -0.394 e. The summed E-state index contributed by atoms with van der Waals surface area (Å²) in [5.74, 6) is -0.707. The van der Waals surface area contributed by atoms with Gasteiger partial charge < -0.3 is 50.5 Å². The Kier molecular flexibility index (Phi) is 46.2. The number of amides is 1. The molecular weight excluding hydrogens is 883 g/mol. The molecule has 0 bridgehead atoms. The van der Waals surface area contributed by atoms with Crippen LogP contribution in [0.1, 0.15) is 277 Å². The van der Waals surface area contributed by atoms with Crippen LogP contribution in [-0.2, 0) is 14.3 Å². The maximum Gasteiger partial charge on any atom is 0.249 e. The van der Waals surface area contributed by atoms with E-state index in [9.17, 15) is 40.5 Å². The number of hydrogen-bond acceptors (Lipinski definition) is 10. The molecule has 9 atom stereocenters. The zero-order valence-electron chi connectivity index (χ0n) is 45.3. The van der Waals surface area contributed by atoms with E-state index < -0.39 is 74.2 Å². The minimum absolute atomic E-state index is 0.248.